The second kappa shape index (κ2) is 6.48. The van der Waals surface area contributed by atoms with Gasteiger partial charge < -0.3 is 15.0 Å². The Kier molecular flexibility index (Phi) is 4.88. The predicted octanol–water partition coefficient (Wildman–Crippen LogP) is 3.07. The molecule has 0 bridgehead atoms. The van der Waals surface area contributed by atoms with Gasteiger partial charge >= 0.3 is 0 Å². The van der Waals surface area contributed by atoms with E-state index in [4.69, 9.17) is 4.74 Å². The molecule has 1 amide bonds. The van der Waals surface area contributed by atoms with E-state index in [1.165, 1.54) is 0 Å². The average Bonchev–Trinajstić information content (AvgIpc) is 2.43. The van der Waals surface area contributed by atoms with Crippen molar-refractivity contribution in [1.82, 2.24) is 4.90 Å². The van der Waals surface area contributed by atoms with E-state index in [2.05, 4.69) is 18.3 Å². The summed E-state index contributed by atoms with van der Waals surface area (Å²) in [5, 5.41) is 3.35. The molecule has 1 saturated heterocycles. The van der Waals surface area contributed by atoms with Gasteiger partial charge in [0.1, 0.15) is 0 Å². The highest BCUT2D eigenvalue weighted by molar-refractivity contribution is 5.96. The van der Waals surface area contributed by atoms with Crippen LogP contribution in [0, 0.1) is 6.92 Å². The monoisotopic (exact) mass is 290 g/mol. The van der Waals surface area contributed by atoms with Crippen LogP contribution in [-0.4, -0.2) is 42.6 Å². The number of nitrogens with one attached hydrogen (secondary N) is 1. The maximum atomic E-state index is 12.7. The minimum absolute atomic E-state index is 0.103. The molecule has 21 heavy (non-hydrogen) atoms. The summed E-state index contributed by atoms with van der Waals surface area (Å²) in [5.74, 6) is 0.103. The third kappa shape index (κ3) is 3.97. The molecule has 1 aromatic carbocycles. The van der Waals surface area contributed by atoms with Gasteiger partial charge in [0, 0.05) is 30.9 Å². The standard InChI is InChI=1S/C17H26N2O2/c1-5-8-18-14-6-7-15(13(2)11-14)16(20)19-9-10-21-17(3,4)12-19/h6-7,11,18H,5,8-10,12H2,1-4H3. The molecule has 0 radical (unpaired) electrons. The van der Waals surface area contributed by atoms with E-state index in [9.17, 15) is 4.79 Å². The largest absolute Gasteiger partial charge is 0.385 e. The first-order valence-corrected chi connectivity index (χ1v) is 7.71. The van der Waals surface area contributed by atoms with Crippen molar-refractivity contribution in [3.05, 3.63) is 29.3 Å². The fraction of sp³-hybridized carbons (Fsp3) is 0.588. The van der Waals surface area contributed by atoms with Crippen molar-refractivity contribution in [3.8, 4) is 0 Å². The third-order valence-electron chi connectivity index (χ3n) is 3.75. The number of hydrogen-bond acceptors (Lipinski definition) is 3. The number of morpholine rings is 1. The number of ether oxygens (including phenoxy) is 1. The number of aryl methyl sites for hydroxylation is 1. The lowest BCUT2D eigenvalue weighted by Crippen LogP contribution is -2.50. The topological polar surface area (TPSA) is 41.6 Å². The summed E-state index contributed by atoms with van der Waals surface area (Å²) in [6, 6.07) is 5.97. The maximum Gasteiger partial charge on any atom is 0.254 e. The van der Waals surface area contributed by atoms with Gasteiger partial charge in [0.05, 0.1) is 12.2 Å². The number of anilines is 1. The molecule has 1 aromatic rings. The molecule has 0 atom stereocenters. The van der Waals surface area contributed by atoms with Crippen LogP contribution in [0.15, 0.2) is 18.2 Å². The van der Waals surface area contributed by atoms with Gasteiger partial charge in [0.25, 0.3) is 5.91 Å². The molecule has 1 fully saturated rings. The summed E-state index contributed by atoms with van der Waals surface area (Å²) in [7, 11) is 0. The highest BCUT2D eigenvalue weighted by atomic mass is 16.5. The van der Waals surface area contributed by atoms with Crippen molar-refractivity contribution >= 4 is 11.6 Å². The van der Waals surface area contributed by atoms with Crippen LogP contribution in [0.3, 0.4) is 0 Å². The minimum atomic E-state index is -0.259. The Hall–Kier alpha value is -1.55. The molecule has 4 heteroatoms. The summed E-state index contributed by atoms with van der Waals surface area (Å²) in [6.07, 6.45) is 1.09. The summed E-state index contributed by atoms with van der Waals surface area (Å²) in [5.41, 5.74) is 2.62. The average molecular weight is 290 g/mol. The summed E-state index contributed by atoms with van der Waals surface area (Å²) >= 11 is 0. The quantitative estimate of drug-likeness (QED) is 0.926. The van der Waals surface area contributed by atoms with Gasteiger partial charge in [-0.15, -0.1) is 0 Å². The Labute approximate surface area is 127 Å². The molecule has 2 rings (SSSR count). The highest BCUT2D eigenvalue weighted by Gasteiger charge is 2.30. The molecule has 116 valence electrons. The van der Waals surface area contributed by atoms with Gasteiger partial charge in [0.2, 0.25) is 0 Å². The highest BCUT2D eigenvalue weighted by Crippen LogP contribution is 2.21. The van der Waals surface area contributed by atoms with E-state index in [0.29, 0.717) is 19.7 Å². The van der Waals surface area contributed by atoms with E-state index in [0.717, 1.165) is 29.8 Å². The lowest BCUT2D eigenvalue weighted by Gasteiger charge is -2.38. The smallest absolute Gasteiger partial charge is 0.254 e. The van der Waals surface area contributed by atoms with Crippen LogP contribution in [0.1, 0.15) is 43.1 Å². The molecule has 0 aliphatic carbocycles. The first kappa shape index (κ1) is 15.8. The first-order valence-electron chi connectivity index (χ1n) is 7.71. The molecule has 0 aromatic heterocycles. The van der Waals surface area contributed by atoms with Crippen LogP contribution < -0.4 is 5.32 Å². The number of nitrogens with zero attached hydrogens (tertiary/aromatic N) is 1. The zero-order valence-electron chi connectivity index (χ0n) is 13.5. The summed E-state index contributed by atoms with van der Waals surface area (Å²) in [6.45, 7) is 11.0. The lowest BCUT2D eigenvalue weighted by molar-refractivity contribution is -0.0764. The maximum absolute atomic E-state index is 12.7. The molecule has 4 nitrogen and oxygen atoms in total. The van der Waals surface area contributed by atoms with Gasteiger partial charge in [-0.3, -0.25) is 4.79 Å². The predicted molar refractivity (Wildman–Crippen MR) is 85.9 cm³/mol. The van der Waals surface area contributed by atoms with Gasteiger partial charge in [-0.25, -0.2) is 0 Å². The molecule has 1 N–H and O–H groups in total. The molecular weight excluding hydrogens is 264 g/mol. The van der Waals surface area contributed by atoms with Crippen molar-refractivity contribution in [1.29, 1.82) is 0 Å². The fourth-order valence-corrected chi connectivity index (χ4v) is 2.64. The molecule has 1 aliphatic rings. The van der Waals surface area contributed by atoms with Crippen LogP contribution in [-0.2, 0) is 4.74 Å². The zero-order chi connectivity index (χ0) is 15.5. The van der Waals surface area contributed by atoms with Crippen LogP contribution in [0.2, 0.25) is 0 Å². The SMILES string of the molecule is CCCNc1ccc(C(=O)N2CCOC(C)(C)C2)c(C)c1. The van der Waals surface area contributed by atoms with Crippen molar-refractivity contribution < 1.29 is 9.53 Å². The number of hydrogen-bond donors (Lipinski definition) is 1. The lowest BCUT2D eigenvalue weighted by atomic mass is 10.0. The molecule has 0 spiro atoms. The number of carbonyl (C=O) groups excluding carboxylic acids is 1. The normalized spacial score (nSPS) is 17.6. The summed E-state index contributed by atoms with van der Waals surface area (Å²) < 4.78 is 5.67. The Bertz CT molecular complexity index is 512. The van der Waals surface area contributed by atoms with Crippen molar-refractivity contribution in [2.45, 2.75) is 39.7 Å². The van der Waals surface area contributed by atoms with Crippen molar-refractivity contribution in [3.63, 3.8) is 0 Å². The van der Waals surface area contributed by atoms with E-state index in [1.54, 1.807) is 0 Å². The van der Waals surface area contributed by atoms with Crippen molar-refractivity contribution in [2.24, 2.45) is 0 Å². The van der Waals surface area contributed by atoms with Crippen LogP contribution >= 0.6 is 0 Å². The van der Waals surface area contributed by atoms with E-state index < -0.39 is 0 Å². The summed E-state index contributed by atoms with van der Waals surface area (Å²) in [4.78, 5) is 14.6. The van der Waals surface area contributed by atoms with E-state index in [1.807, 2.05) is 37.8 Å². The number of rotatable bonds is 4. The van der Waals surface area contributed by atoms with Crippen molar-refractivity contribution in [2.75, 3.05) is 31.6 Å². The van der Waals surface area contributed by atoms with Gasteiger partial charge in [-0.05, 0) is 51.0 Å². The van der Waals surface area contributed by atoms with Crippen LogP contribution in [0.4, 0.5) is 5.69 Å². The number of carbonyl (C=O) groups is 1. The second-order valence-electron chi connectivity index (χ2n) is 6.29. The first-order chi connectivity index (χ1) is 9.93. The second-order valence-corrected chi connectivity index (χ2v) is 6.29. The Morgan fingerprint density at radius 2 is 2.19 bits per heavy atom. The van der Waals surface area contributed by atoms with Gasteiger partial charge in [0.15, 0.2) is 0 Å². The zero-order valence-corrected chi connectivity index (χ0v) is 13.5. The Morgan fingerprint density at radius 1 is 1.43 bits per heavy atom. The van der Waals surface area contributed by atoms with Crippen LogP contribution in [0.5, 0.6) is 0 Å². The molecule has 0 unspecified atom stereocenters. The molecular formula is C17H26N2O2. The molecule has 1 aliphatic heterocycles. The van der Waals surface area contributed by atoms with Crippen LogP contribution in [0.25, 0.3) is 0 Å². The number of amides is 1. The Balaban J connectivity index is 2.12. The molecule has 1 heterocycles. The van der Waals surface area contributed by atoms with E-state index in [-0.39, 0.29) is 11.5 Å². The minimum Gasteiger partial charge on any atom is -0.385 e. The van der Waals surface area contributed by atoms with Gasteiger partial charge in [-0.1, -0.05) is 6.92 Å². The number of benzene rings is 1. The van der Waals surface area contributed by atoms with Gasteiger partial charge in [-0.2, -0.15) is 0 Å². The molecule has 0 saturated carbocycles. The van der Waals surface area contributed by atoms with E-state index >= 15 is 0 Å². The fourth-order valence-electron chi connectivity index (χ4n) is 2.64. The third-order valence-corrected chi connectivity index (χ3v) is 3.75. The Morgan fingerprint density at radius 3 is 2.81 bits per heavy atom.